The first-order valence-electron chi connectivity index (χ1n) is 3.93. The standard InChI is InChI=1S/C8H16O2/c1-5-6(2)10-7(3)8(5)4-9/h5-9H,4H2,1-3H3. The smallest absolute Gasteiger partial charge is 0.0604 e. The Morgan fingerprint density at radius 1 is 1.20 bits per heavy atom. The van der Waals surface area contributed by atoms with E-state index in [0.717, 1.165) is 0 Å². The van der Waals surface area contributed by atoms with Gasteiger partial charge in [-0.15, -0.1) is 0 Å². The molecule has 1 saturated heterocycles. The van der Waals surface area contributed by atoms with Gasteiger partial charge in [-0.05, 0) is 19.8 Å². The molecule has 1 aliphatic rings. The maximum absolute atomic E-state index is 8.94. The molecule has 0 aromatic rings. The van der Waals surface area contributed by atoms with Crippen LogP contribution in [0.4, 0.5) is 0 Å². The van der Waals surface area contributed by atoms with Gasteiger partial charge in [0.15, 0.2) is 0 Å². The van der Waals surface area contributed by atoms with Crippen LogP contribution in [0.1, 0.15) is 20.8 Å². The Morgan fingerprint density at radius 3 is 2.00 bits per heavy atom. The first kappa shape index (κ1) is 8.02. The van der Waals surface area contributed by atoms with E-state index in [1.54, 1.807) is 0 Å². The molecule has 1 aliphatic heterocycles. The molecule has 1 heterocycles. The second kappa shape index (κ2) is 2.89. The highest BCUT2D eigenvalue weighted by Crippen LogP contribution is 2.31. The van der Waals surface area contributed by atoms with Crippen molar-refractivity contribution in [2.45, 2.75) is 33.0 Å². The molecule has 0 aromatic heterocycles. The summed E-state index contributed by atoms with van der Waals surface area (Å²) in [6, 6.07) is 0. The van der Waals surface area contributed by atoms with Crippen molar-refractivity contribution in [1.29, 1.82) is 0 Å². The third-order valence-electron chi connectivity index (χ3n) is 2.66. The first-order chi connectivity index (χ1) is 4.66. The van der Waals surface area contributed by atoms with Crippen molar-refractivity contribution < 1.29 is 9.84 Å². The minimum Gasteiger partial charge on any atom is -0.396 e. The van der Waals surface area contributed by atoms with E-state index in [1.165, 1.54) is 0 Å². The van der Waals surface area contributed by atoms with Crippen molar-refractivity contribution >= 4 is 0 Å². The molecule has 1 fully saturated rings. The molecule has 0 saturated carbocycles. The molecule has 0 amide bonds. The van der Waals surface area contributed by atoms with Crippen molar-refractivity contribution in [3.8, 4) is 0 Å². The van der Waals surface area contributed by atoms with Crippen molar-refractivity contribution in [3.63, 3.8) is 0 Å². The Hall–Kier alpha value is -0.0800. The Balaban J connectivity index is 2.55. The summed E-state index contributed by atoms with van der Waals surface area (Å²) in [6.45, 7) is 6.49. The average molecular weight is 144 g/mol. The van der Waals surface area contributed by atoms with Gasteiger partial charge in [-0.1, -0.05) is 6.92 Å². The van der Waals surface area contributed by atoms with Crippen LogP contribution in [-0.4, -0.2) is 23.9 Å². The molecule has 60 valence electrons. The van der Waals surface area contributed by atoms with Gasteiger partial charge >= 0.3 is 0 Å². The van der Waals surface area contributed by atoms with Crippen LogP contribution in [0.2, 0.25) is 0 Å². The lowest BCUT2D eigenvalue weighted by atomic mass is 9.90. The van der Waals surface area contributed by atoms with Gasteiger partial charge in [0, 0.05) is 12.5 Å². The van der Waals surface area contributed by atoms with Crippen LogP contribution < -0.4 is 0 Å². The quantitative estimate of drug-likeness (QED) is 0.595. The van der Waals surface area contributed by atoms with Gasteiger partial charge in [-0.3, -0.25) is 0 Å². The fourth-order valence-corrected chi connectivity index (χ4v) is 1.65. The SMILES string of the molecule is CC1OC(C)C(CO)C1C. The van der Waals surface area contributed by atoms with Gasteiger partial charge in [-0.2, -0.15) is 0 Å². The molecule has 1 rings (SSSR count). The zero-order valence-electron chi connectivity index (χ0n) is 6.87. The van der Waals surface area contributed by atoms with Gasteiger partial charge in [0.05, 0.1) is 12.2 Å². The van der Waals surface area contributed by atoms with E-state index in [2.05, 4.69) is 13.8 Å². The third kappa shape index (κ3) is 1.18. The number of aliphatic hydroxyl groups is 1. The highest BCUT2D eigenvalue weighted by molar-refractivity contribution is 4.82. The Labute approximate surface area is 62.2 Å². The second-order valence-corrected chi connectivity index (χ2v) is 3.25. The van der Waals surface area contributed by atoms with Crippen LogP contribution in [0, 0.1) is 11.8 Å². The number of ether oxygens (including phenoxy) is 1. The summed E-state index contributed by atoms with van der Waals surface area (Å²) in [5, 5.41) is 8.94. The molecule has 4 atom stereocenters. The first-order valence-corrected chi connectivity index (χ1v) is 3.93. The van der Waals surface area contributed by atoms with Crippen LogP contribution in [0.5, 0.6) is 0 Å². The Kier molecular flexibility index (Phi) is 2.32. The summed E-state index contributed by atoms with van der Waals surface area (Å²) in [5.41, 5.74) is 0. The van der Waals surface area contributed by atoms with E-state index in [4.69, 9.17) is 9.84 Å². The number of hydrogen-bond acceptors (Lipinski definition) is 2. The van der Waals surface area contributed by atoms with Gasteiger partial charge in [0.25, 0.3) is 0 Å². The second-order valence-electron chi connectivity index (χ2n) is 3.25. The molecule has 0 radical (unpaired) electrons. The molecule has 0 spiro atoms. The van der Waals surface area contributed by atoms with Crippen LogP contribution >= 0.6 is 0 Å². The summed E-state index contributed by atoms with van der Waals surface area (Å²) in [4.78, 5) is 0. The zero-order valence-corrected chi connectivity index (χ0v) is 6.87. The molecule has 2 nitrogen and oxygen atoms in total. The number of aliphatic hydroxyl groups excluding tert-OH is 1. The lowest BCUT2D eigenvalue weighted by Crippen LogP contribution is -2.20. The fraction of sp³-hybridized carbons (Fsp3) is 1.00. The van der Waals surface area contributed by atoms with Crippen LogP contribution in [-0.2, 0) is 4.74 Å². The molecule has 10 heavy (non-hydrogen) atoms. The van der Waals surface area contributed by atoms with Crippen LogP contribution in [0.15, 0.2) is 0 Å². The number of hydrogen-bond donors (Lipinski definition) is 1. The zero-order chi connectivity index (χ0) is 7.72. The van der Waals surface area contributed by atoms with Crippen molar-refractivity contribution in [3.05, 3.63) is 0 Å². The predicted molar refractivity (Wildman–Crippen MR) is 39.7 cm³/mol. The lowest BCUT2D eigenvalue weighted by Gasteiger charge is -2.13. The van der Waals surface area contributed by atoms with E-state index < -0.39 is 0 Å². The largest absolute Gasteiger partial charge is 0.396 e. The van der Waals surface area contributed by atoms with Crippen LogP contribution in [0.3, 0.4) is 0 Å². The van der Waals surface area contributed by atoms with Crippen molar-refractivity contribution in [2.75, 3.05) is 6.61 Å². The van der Waals surface area contributed by atoms with E-state index in [9.17, 15) is 0 Å². The van der Waals surface area contributed by atoms with Crippen molar-refractivity contribution in [2.24, 2.45) is 11.8 Å². The molecule has 1 N–H and O–H groups in total. The van der Waals surface area contributed by atoms with E-state index >= 15 is 0 Å². The fourth-order valence-electron chi connectivity index (χ4n) is 1.65. The topological polar surface area (TPSA) is 29.5 Å². The normalized spacial score (nSPS) is 48.0. The molecule has 0 aliphatic carbocycles. The summed E-state index contributed by atoms with van der Waals surface area (Å²) in [6.07, 6.45) is 0.544. The van der Waals surface area contributed by atoms with E-state index in [0.29, 0.717) is 17.9 Å². The van der Waals surface area contributed by atoms with Crippen molar-refractivity contribution in [1.82, 2.24) is 0 Å². The summed E-state index contributed by atoms with van der Waals surface area (Å²) in [7, 11) is 0. The van der Waals surface area contributed by atoms with Crippen LogP contribution in [0.25, 0.3) is 0 Å². The minimum absolute atomic E-state index is 0.231. The maximum Gasteiger partial charge on any atom is 0.0604 e. The number of rotatable bonds is 1. The monoisotopic (exact) mass is 144 g/mol. The summed E-state index contributed by atoms with van der Waals surface area (Å²) >= 11 is 0. The van der Waals surface area contributed by atoms with Gasteiger partial charge in [-0.25, -0.2) is 0 Å². The highest BCUT2D eigenvalue weighted by Gasteiger charge is 2.35. The Bertz CT molecular complexity index is 114. The predicted octanol–water partition coefficient (Wildman–Crippen LogP) is 1.04. The third-order valence-corrected chi connectivity index (χ3v) is 2.66. The van der Waals surface area contributed by atoms with Gasteiger partial charge < -0.3 is 9.84 Å². The van der Waals surface area contributed by atoms with E-state index in [1.807, 2.05) is 6.92 Å². The molecule has 0 aromatic carbocycles. The summed E-state index contributed by atoms with van der Waals surface area (Å²) in [5.74, 6) is 0.843. The van der Waals surface area contributed by atoms with Gasteiger partial charge in [0.1, 0.15) is 0 Å². The molecular formula is C8H16O2. The average Bonchev–Trinajstić information content (AvgIpc) is 2.09. The summed E-state index contributed by atoms with van der Waals surface area (Å²) < 4.78 is 5.52. The molecule has 0 bridgehead atoms. The lowest BCUT2D eigenvalue weighted by molar-refractivity contribution is 0.0449. The maximum atomic E-state index is 8.94. The van der Waals surface area contributed by atoms with E-state index in [-0.39, 0.29) is 12.7 Å². The molecule has 4 unspecified atom stereocenters. The Morgan fingerprint density at radius 2 is 1.80 bits per heavy atom. The van der Waals surface area contributed by atoms with Gasteiger partial charge in [0.2, 0.25) is 0 Å². The molecular weight excluding hydrogens is 128 g/mol. The highest BCUT2D eigenvalue weighted by atomic mass is 16.5. The minimum atomic E-state index is 0.231. The molecule has 2 heteroatoms.